The van der Waals surface area contributed by atoms with Crippen molar-refractivity contribution < 1.29 is 14.3 Å². The minimum Gasteiger partial charge on any atom is -0.425 e. The van der Waals surface area contributed by atoms with Gasteiger partial charge in [0.1, 0.15) is 5.76 Å². The van der Waals surface area contributed by atoms with E-state index in [9.17, 15) is 9.59 Å². The zero-order valence-corrected chi connectivity index (χ0v) is 10.4. The SMILES string of the molecule is CCC1=CC(=O)C=C2OC(=O)C(CC)C(C)=C12. The topological polar surface area (TPSA) is 43.4 Å². The molecule has 0 N–H and O–H groups in total. The quantitative estimate of drug-likeness (QED) is 0.687. The summed E-state index contributed by atoms with van der Waals surface area (Å²) in [6, 6.07) is 0. The molecule has 0 saturated carbocycles. The van der Waals surface area contributed by atoms with Gasteiger partial charge in [0.15, 0.2) is 5.78 Å². The third kappa shape index (κ3) is 1.86. The summed E-state index contributed by atoms with van der Waals surface area (Å²) < 4.78 is 5.27. The van der Waals surface area contributed by atoms with Crippen LogP contribution in [-0.2, 0) is 14.3 Å². The Morgan fingerprint density at radius 2 is 1.94 bits per heavy atom. The van der Waals surface area contributed by atoms with Gasteiger partial charge in [0.05, 0.1) is 5.92 Å². The molecule has 17 heavy (non-hydrogen) atoms. The van der Waals surface area contributed by atoms with Crippen LogP contribution in [0.1, 0.15) is 33.6 Å². The Morgan fingerprint density at radius 1 is 1.24 bits per heavy atom. The fourth-order valence-corrected chi connectivity index (χ4v) is 2.46. The van der Waals surface area contributed by atoms with Crippen molar-refractivity contribution in [1.82, 2.24) is 0 Å². The molecule has 0 radical (unpaired) electrons. The highest BCUT2D eigenvalue weighted by Crippen LogP contribution is 2.38. The van der Waals surface area contributed by atoms with Gasteiger partial charge >= 0.3 is 5.97 Å². The molecule has 90 valence electrons. The Hall–Kier alpha value is -1.64. The van der Waals surface area contributed by atoms with Crippen LogP contribution in [0.4, 0.5) is 0 Å². The largest absolute Gasteiger partial charge is 0.425 e. The lowest BCUT2D eigenvalue weighted by molar-refractivity contribution is -0.143. The normalized spacial score (nSPS) is 24.1. The Morgan fingerprint density at radius 3 is 2.53 bits per heavy atom. The minimum absolute atomic E-state index is 0.101. The van der Waals surface area contributed by atoms with E-state index in [1.54, 1.807) is 6.08 Å². The van der Waals surface area contributed by atoms with E-state index in [4.69, 9.17) is 4.74 Å². The van der Waals surface area contributed by atoms with E-state index >= 15 is 0 Å². The molecule has 0 aromatic carbocycles. The van der Waals surface area contributed by atoms with Gasteiger partial charge in [-0.25, -0.2) is 0 Å². The summed E-state index contributed by atoms with van der Waals surface area (Å²) >= 11 is 0. The maximum atomic E-state index is 11.8. The number of carbonyl (C=O) groups is 2. The second-order valence-corrected chi connectivity index (χ2v) is 4.37. The first-order valence-corrected chi connectivity index (χ1v) is 5.97. The molecular weight excluding hydrogens is 216 g/mol. The molecule has 0 saturated heterocycles. The van der Waals surface area contributed by atoms with E-state index in [1.165, 1.54) is 6.08 Å². The highest BCUT2D eigenvalue weighted by atomic mass is 16.5. The number of rotatable bonds is 2. The molecule has 1 unspecified atom stereocenters. The highest BCUT2D eigenvalue weighted by molar-refractivity contribution is 6.04. The van der Waals surface area contributed by atoms with Gasteiger partial charge in [0.25, 0.3) is 0 Å². The van der Waals surface area contributed by atoms with Gasteiger partial charge < -0.3 is 4.74 Å². The number of carbonyl (C=O) groups excluding carboxylic acids is 2. The van der Waals surface area contributed by atoms with Gasteiger partial charge in [-0.15, -0.1) is 0 Å². The van der Waals surface area contributed by atoms with Crippen molar-refractivity contribution >= 4 is 11.8 Å². The van der Waals surface area contributed by atoms with Crippen LogP contribution in [0.15, 0.2) is 34.6 Å². The van der Waals surface area contributed by atoms with Crippen molar-refractivity contribution in [3.8, 4) is 0 Å². The summed E-state index contributed by atoms with van der Waals surface area (Å²) in [4.78, 5) is 23.2. The molecule has 0 bridgehead atoms. The number of allylic oxidation sites excluding steroid dienone is 3. The predicted octanol–water partition coefficient (Wildman–Crippen LogP) is 2.69. The summed E-state index contributed by atoms with van der Waals surface area (Å²) in [5, 5.41) is 0. The molecule has 0 aromatic rings. The molecule has 2 aliphatic rings. The average Bonchev–Trinajstić information content (AvgIpc) is 2.27. The van der Waals surface area contributed by atoms with Gasteiger partial charge in [-0.1, -0.05) is 13.8 Å². The second-order valence-electron chi connectivity index (χ2n) is 4.37. The molecular formula is C14H16O3. The number of esters is 1. The van der Waals surface area contributed by atoms with Crippen molar-refractivity contribution in [3.63, 3.8) is 0 Å². The van der Waals surface area contributed by atoms with Gasteiger partial charge in [-0.2, -0.15) is 0 Å². The van der Waals surface area contributed by atoms with Gasteiger partial charge in [-0.05, 0) is 37.0 Å². The average molecular weight is 232 g/mol. The molecule has 0 spiro atoms. The summed E-state index contributed by atoms with van der Waals surface area (Å²) in [5.41, 5.74) is 2.95. The third-order valence-corrected chi connectivity index (χ3v) is 3.36. The number of fused-ring (bicyclic) bond motifs is 1. The van der Waals surface area contributed by atoms with Crippen LogP contribution in [0.5, 0.6) is 0 Å². The lowest BCUT2D eigenvalue weighted by Gasteiger charge is -2.29. The molecule has 3 nitrogen and oxygen atoms in total. The van der Waals surface area contributed by atoms with Crippen LogP contribution in [-0.4, -0.2) is 11.8 Å². The van der Waals surface area contributed by atoms with Crippen LogP contribution >= 0.6 is 0 Å². The fourth-order valence-electron chi connectivity index (χ4n) is 2.46. The summed E-state index contributed by atoms with van der Waals surface area (Å²) in [6.07, 6.45) is 4.53. The molecule has 1 atom stereocenters. The van der Waals surface area contributed by atoms with E-state index in [1.807, 2.05) is 20.8 Å². The minimum atomic E-state index is -0.245. The summed E-state index contributed by atoms with van der Waals surface area (Å²) in [5.74, 6) is -0.0897. The van der Waals surface area contributed by atoms with Crippen LogP contribution in [0.25, 0.3) is 0 Å². The third-order valence-electron chi connectivity index (χ3n) is 3.36. The predicted molar refractivity (Wildman–Crippen MR) is 64.0 cm³/mol. The first-order valence-electron chi connectivity index (χ1n) is 5.97. The fraction of sp³-hybridized carbons (Fsp3) is 0.429. The van der Waals surface area contributed by atoms with E-state index in [2.05, 4.69) is 0 Å². The Balaban J connectivity index is 2.57. The zero-order chi connectivity index (χ0) is 12.6. The Labute approximate surface area is 101 Å². The second kappa shape index (κ2) is 4.32. The molecule has 1 aliphatic heterocycles. The van der Waals surface area contributed by atoms with E-state index in [-0.39, 0.29) is 17.7 Å². The lowest BCUT2D eigenvalue weighted by atomic mass is 9.83. The van der Waals surface area contributed by atoms with E-state index < -0.39 is 0 Å². The first kappa shape index (κ1) is 11.8. The van der Waals surface area contributed by atoms with Crippen molar-refractivity contribution in [3.05, 3.63) is 34.6 Å². The van der Waals surface area contributed by atoms with Crippen LogP contribution < -0.4 is 0 Å². The van der Waals surface area contributed by atoms with Crippen LogP contribution in [0.2, 0.25) is 0 Å². The lowest BCUT2D eigenvalue weighted by Crippen LogP contribution is -2.27. The molecule has 0 fully saturated rings. The molecule has 2 rings (SSSR count). The van der Waals surface area contributed by atoms with Crippen LogP contribution in [0.3, 0.4) is 0 Å². The summed E-state index contributed by atoms with van der Waals surface area (Å²) in [7, 11) is 0. The molecule has 0 amide bonds. The monoisotopic (exact) mass is 232 g/mol. The van der Waals surface area contributed by atoms with E-state index in [0.29, 0.717) is 5.76 Å². The number of hydrogen-bond donors (Lipinski definition) is 0. The number of ether oxygens (including phenoxy) is 1. The smallest absolute Gasteiger partial charge is 0.318 e. The Bertz CT molecular complexity index is 478. The van der Waals surface area contributed by atoms with Crippen LogP contribution in [0, 0.1) is 5.92 Å². The standard InChI is InChI=1S/C14H16O3/c1-4-9-6-10(15)7-12-13(9)8(3)11(5-2)14(16)17-12/h6-7,11H,4-5H2,1-3H3. The van der Waals surface area contributed by atoms with Crippen molar-refractivity contribution in [2.45, 2.75) is 33.6 Å². The van der Waals surface area contributed by atoms with Gasteiger partial charge in [0, 0.05) is 11.6 Å². The Kier molecular flexibility index (Phi) is 3.01. The van der Waals surface area contributed by atoms with Gasteiger partial charge in [-0.3, -0.25) is 9.59 Å². The molecule has 0 aromatic heterocycles. The van der Waals surface area contributed by atoms with Gasteiger partial charge in [0.2, 0.25) is 0 Å². The molecule has 1 heterocycles. The van der Waals surface area contributed by atoms with Crippen molar-refractivity contribution in [2.75, 3.05) is 0 Å². The highest BCUT2D eigenvalue weighted by Gasteiger charge is 2.34. The van der Waals surface area contributed by atoms with E-state index in [0.717, 1.165) is 29.6 Å². The number of ketones is 1. The molecule has 1 aliphatic carbocycles. The molecule has 3 heteroatoms. The summed E-state index contributed by atoms with van der Waals surface area (Å²) in [6.45, 7) is 5.92. The zero-order valence-electron chi connectivity index (χ0n) is 10.4. The number of hydrogen-bond acceptors (Lipinski definition) is 3. The first-order chi connectivity index (χ1) is 8.08. The maximum absolute atomic E-state index is 11.8. The van der Waals surface area contributed by atoms with Crippen molar-refractivity contribution in [1.29, 1.82) is 0 Å². The van der Waals surface area contributed by atoms with Crippen molar-refractivity contribution in [2.24, 2.45) is 5.92 Å². The maximum Gasteiger partial charge on any atom is 0.318 e.